The Kier molecular flexibility index (Phi) is 9.88. The van der Waals surface area contributed by atoms with Crippen molar-refractivity contribution in [3.8, 4) is 12.1 Å². The highest BCUT2D eigenvalue weighted by molar-refractivity contribution is 9.11. The molecule has 6 nitrogen and oxygen atoms in total. The summed E-state index contributed by atoms with van der Waals surface area (Å²) in [6.45, 7) is -1.55. The quantitative estimate of drug-likeness (QED) is 0.182. The van der Waals surface area contributed by atoms with Crippen molar-refractivity contribution in [2.24, 2.45) is 0 Å². The van der Waals surface area contributed by atoms with Crippen molar-refractivity contribution in [3.05, 3.63) is 92.1 Å². The maximum Gasteiger partial charge on any atom is 0.435 e. The highest BCUT2D eigenvalue weighted by Crippen LogP contribution is 2.55. The number of rotatable bonds is 7. The van der Waals surface area contributed by atoms with Gasteiger partial charge >= 0.3 is 18.0 Å². The Morgan fingerprint density at radius 3 is 1.74 bits per heavy atom. The van der Waals surface area contributed by atoms with Crippen molar-refractivity contribution in [1.29, 1.82) is 10.5 Å². The second-order valence-electron chi connectivity index (χ2n) is 8.55. The minimum absolute atomic E-state index is 0.0783. The van der Waals surface area contributed by atoms with Gasteiger partial charge < -0.3 is 0 Å². The zero-order valence-electron chi connectivity index (χ0n) is 21.1. The number of benzene rings is 3. The Labute approximate surface area is 255 Å². The summed E-state index contributed by atoms with van der Waals surface area (Å²) in [5, 5.41) is 18.6. The third-order valence-electron chi connectivity index (χ3n) is 5.93. The molecule has 224 valence electrons. The van der Waals surface area contributed by atoms with Crippen LogP contribution < -0.4 is 9.80 Å². The Bertz CT molecular complexity index is 1600. The van der Waals surface area contributed by atoms with E-state index in [0.717, 1.165) is 23.1 Å². The first-order valence-corrected chi connectivity index (χ1v) is 13.1. The molecule has 0 radical (unpaired) electrons. The SMILES string of the molecule is N#CCN(C(=O)c1ccccc1)c1cccc(C(=O)N(CC#N)c2c(Br)cc(C(F)(C(F)(F)F)C(F)(F)F)cc2Br)c1F. The molecule has 0 N–H and O–H groups in total. The lowest BCUT2D eigenvalue weighted by Crippen LogP contribution is -2.50. The fourth-order valence-corrected chi connectivity index (χ4v) is 5.56. The number of nitrogens with zero attached hydrogens (tertiary/aromatic N) is 4. The van der Waals surface area contributed by atoms with Gasteiger partial charge in [-0.2, -0.15) is 36.9 Å². The van der Waals surface area contributed by atoms with Crippen LogP contribution >= 0.6 is 31.9 Å². The van der Waals surface area contributed by atoms with Gasteiger partial charge in [0.15, 0.2) is 5.82 Å². The van der Waals surface area contributed by atoms with E-state index in [1.807, 2.05) is 0 Å². The highest BCUT2D eigenvalue weighted by atomic mass is 79.9. The summed E-state index contributed by atoms with van der Waals surface area (Å²) in [6, 6.07) is 14.2. The summed E-state index contributed by atoms with van der Waals surface area (Å²) in [5.41, 5.74) is -9.42. The number of hydrogen-bond donors (Lipinski definition) is 0. The number of hydrogen-bond acceptors (Lipinski definition) is 4. The highest BCUT2D eigenvalue weighted by Gasteiger charge is 2.73. The van der Waals surface area contributed by atoms with E-state index >= 15 is 4.39 Å². The van der Waals surface area contributed by atoms with E-state index in [-0.39, 0.29) is 17.7 Å². The van der Waals surface area contributed by atoms with Crippen LogP contribution in [-0.2, 0) is 5.67 Å². The molecule has 0 aliphatic heterocycles. The molecule has 16 heteroatoms. The van der Waals surface area contributed by atoms with Crippen molar-refractivity contribution in [1.82, 2.24) is 0 Å². The number of anilines is 2. The van der Waals surface area contributed by atoms with E-state index in [2.05, 4.69) is 31.9 Å². The van der Waals surface area contributed by atoms with E-state index < -0.39 is 80.2 Å². The van der Waals surface area contributed by atoms with Gasteiger partial charge in [0.1, 0.15) is 13.1 Å². The maximum absolute atomic E-state index is 15.8. The van der Waals surface area contributed by atoms with Crippen LogP contribution in [0.25, 0.3) is 0 Å². The van der Waals surface area contributed by atoms with Crippen LogP contribution in [-0.4, -0.2) is 37.3 Å². The molecule has 0 bridgehead atoms. The van der Waals surface area contributed by atoms with E-state index in [1.54, 1.807) is 18.2 Å². The van der Waals surface area contributed by atoms with Gasteiger partial charge in [-0.25, -0.2) is 8.78 Å². The first-order chi connectivity index (χ1) is 20.0. The Hall–Kier alpha value is -4.02. The fraction of sp³-hybridized carbons (Fsp3) is 0.185. The lowest BCUT2D eigenvalue weighted by Gasteiger charge is -2.31. The number of carbonyl (C=O) groups is 2. The molecule has 3 aromatic carbocycles. The van der Waals surface area contributed by atoms with Crippen LogP contribution in [0.3, 0.4) is 0 Å². The van der Waals surface area contributed by atoms with E-state index in [9.17, 15) is 50.8 Å². The molecule has 0 aromatic heterocycles. The van der Waals surface area contributed by atoms with Crippen LogP contribution in [0.4, 0.5) is 46.5 Å². The van der Waals surface area contributed by atoms with Crippen molar-refractivity contribution >= 4 is 55.0 Å². The van der Waals surface area contributed by atoms with Crippen LogP contribution in [0, 0.1) is 28.5 Å². The molecule has 0 fully saturated rings. The maximum atomic E-state index is 15.8. The molecule has 0 aliphatic rings. The molecule has 3 aromatic rings. The summed E-state index contributed by atoms with van der Waals surface area (Å²) in [6.07, 6.45) is -12.9. The first kappa shape index (κ1) is 33.5. The van der Waals surface area contributed by atoms with Gasteiger partial charge in [0.2, 0.25) is 0 Å². The van der Waals surface area contributed by atoms with Gasteiger partial charge in [-0.05, 0) is 68.3 Å². The van der Waals surface area contributed by atoms with Crippen molar-refractivity contribution in [2.45, 2.75) is 18.0 Å². The number of halogens is 10. The van der Waals surface area contributed by atoms with Gasteiger partial charge in [-0.1, -0.05) is 24.3 Å². The monoisotopic (exact) mass is 736 g/mol. The Balaban J connectivity index is 2.15. The molecule has 0 aliphatic carbocycles. The Morgan fingerprint density at radius 1 is 0.744 bits per heavy atom. The van der Waals surface area contributed by atoms with Gasteiger partial charge in [0.25, 0.3) is 11.8 Å². The number of carbonyl (C=O) groups excluding carboxylic acids is 2. The normalized spacial score (nSPS) is 11.8. The molecular weight excluding hydrogens is 724 g/mol. The largest absolute Gasteiger partial charge is 0.435 e. The summed E-state index contributed by atoms with van der Waals surface area (Å²) >= 11 is 5.48. The standard InChI is InChI=1S/C27H14Br2F8N4O2/c28-18-13-16(25(31,26(32,33)34)27(35,36)37)14-19(29)22(18)41(12-10-39)24(43)17-7-4-8-20(21(17)30)40(11-9-38)23(42)15-5-2-1-3-6-15/h1-8,13-14H,11-12H2. The van der Waals surface area contributed by atoms with Crippen molar-refractivity contribution in [3.63, 3.8) is 0 Å². The van der Waals surface area contributed by atoms with E-state index in [4.69, 9.17) is 0 Å². The van der Waals surface area contributed by atoms with Crippen molar-refractivity contribution < 1.29 is 44.7 Å². The second kappa shape index (κ2) is 12.7. The van der Waals surface area contributed by atoms with Crippen LogP contribution in [0.15, 0.2) is 69.6 Å². The smallest absolute Gasteiger partial charge is 0.292 e. The fourth-order valence-electron chi connectivity index (χ4n) is 3.95. The summed E-state index contributed by atoms with van der Waals surface area (Å²) in [7, 11) is 0. The molecule has 43 heavy (non-hydrogen) atoms. The molecular formula is C27H14Br2F8N4O2. The van der Waals surface area contributed by atoms with Gasteiger partial charge in [-0.3, -0.25) is 19.4 Å². The average molecular weight is 738 g/mol. The van der Waals surface area contributed by atoms with Crippen molar-refractivity contribution in [2.75, 3.05) is 22.9 Å². The zero-order valence-corrected chi connectivity index (χ0v) is 24.2. The summed E-state index contributed by atoms with van der Waals surface area (Å²) < 4.78 is 109. The molecule has 2 amide bonds. The van der Waals surface area contributed by atoms with Crippen LogP contribution in [0.2, 0.25) is 0 Å². The summed E-state index contributed by atoms with van der Waals surface area (Å²) in [5.74, 6) is -3.43. The lowest BCUT2D eigenvalue weighted by atomic mass is 9.94. The minimum Gasteiger partial charge on any atom is -0.292 e. The predicted octanol–water partition coefficient (Wildman–Crippen LogP) is 7.98. The van der Waals surface area contributed by atoms with E-state index in [1.165, 1.54) is 24.3 Å². The molecule has 0 spiro atoms. The number of alkyl halides is 7. The van der Waals surface area contributed by atoms with Crippen LogP contribution in [0.5, 0.6) is 0 Å². The summed E-state index contributed by atoms with van der Waals surface area (Å²) in [4.78, 5) is 27.8. The molecule has 0 heterocycles. The number of nitriles is 2. The third kappa shape index (κ3) is 6.35. The van der Waals surface area contributed by atoms with Gasteiger partial charge in [-0.15, -0.1) is 0 Å². The molecule has 0 saturated heterocycles. The lowest BCUT2D eigenvalue weighted by molar-refractivity contribution is -0.348. The van der Waals surface area contributed by atoms with Gasteiger partial charge in [0.05, 0.1) is 29.1 Å². The topological polar surface area (TPSA) is 88.2 Å². The Morgan fingerprint density at radius 2 is 1.26 bits per heavy atom. The minimum atomic E-state index is -6.43. The predicted molar refractivity (Wildman–Crippen MR) is 144 cm³/mol. The number of amides is 2. The molecule has 3 rings (SSSR count). The first-order valence-electron chi connectivity index (χ1n) is 11.5. The van der Waals surface area contributed by atoms with Crippen LogP contribution in [0.1, 0.15) is 26.3 Å². The molecule has 0 atom stereocenters. The van der Waals surface area contributed by atoms with Gasteiger partial charge in [0, 0.05) is 20.1 Å². The molecule has 0 unspecified atom stereocenters. The van der Waals surface area contributed by atoms with E-state index in [0.29, 0.717) is 4.90 Å². The zero-order chi connectivity index (χ0) is 32.3. The third-order valence-corrected chi connectivity index (χ3v) is 7.14. The second-order valence-corrected chi connectivity index (χ2v) is 10.3. The molecule has 0 saturated carbocycles. The average Bonchev–Trinajstić information content (AvgIpc) is 2.93.